The van der Waals surface area contributed by atoms with Crippen LogP contribution in [0.5, 0.6) is 0 Å². The second-order valence-electron chi connectivity index (χ2n) is 5.36. The zero-order valence-corrected chi connectivity index (χ0v) is 12.3. The van der Waals surface area contributed by atoms with Gasteiger partial charge in [0.15, 0.2) is 0 Å². The van der Waals surface area contributed by atoms with E-state index < -0.39 is 0 Å². The van der Waals surface area contributed by atoms with Crippen molar-refractivity contribution in [2.45, 2.75) is 39.7 Å². The standard InChI is InChI=1S/C17H25N/c1-8-15-9-10-16(12(2)3)11-17(15)14(6)18(7)13(4)5/h8-13H,1,6H2,2-5,7H3. The van der Waals surface area contributed by atoms with E-state index in [0.29, 0.717) is 12.0 Å². The van der Waals surface area contributed by atoms with Crippen molar-refractivity contribution in [1.82, 2.24) is 4.90 Å². The lowest BCUT2D eigenvalue weighted by molar-refractivity contribution is 0.397. The van der Waals surface area contributed by atoms with E-state index in [2.05, 4.69) is 71.0 Å². The van der Waals surface area contributed by atoms with Gasteiger partial charge in [0.1, 0.15) is 0 Å². The number of benzene rings is 1. The summed E-state index contributed by atoms with van der Waals surface area (Å²) in [5.41, 5.74) is 4.74. The lowest BCUT2D eigenvalue weighted by Crippen LogP contribution is -2.24. The maximum absolute atomic E-state index is 4.23. The van der Waals surface area contributed by atoms with E-state index in [1.807, 2.05) is 6.08 Å². The van der Waals surface area contributed by atoms with E-state index >= 15 is 0 Å². The molecule has 0 amide bonds. The van der Waals surface area contributed by atoms with Gasteiger partial charge in [0, 0.05) is 24.4 Å². The molecular weight excluding hydrogens is 218 g/mol. The van der Waals surface area contributed by atoms with Gasteiger partial charge in [-0.3, -0.25) is 0 Å². The third kappa shape index (κ3) is 3.04. The molecule has 18 heavy (non-hydrogen) atoms. The van der Waals surface area contributed by atoms with Crippen LogP contribution in [-0.4, -0.2) is 18.0 Å². The molecule has 1 rings (SSSR count). The normalized spacial score (nSPS) is 10.8. The first kappa shape index (κ1) is 14.6. The van der Waals surface area contributed by atoms with Gasteiger partial charge in [-0.25, -0.2) is 0 Å². The van der Waals surface area contributed by atoms with Gasteiger partial charge in [-0.2, -0.15) is 0 Å². The van der Waals surface area contributed by atoms with Crippen molar-refractivity contribution in [1.29, 1.82) is 0 Å². The van der Waals surface area contributed by atoms with Gasteiger partial charge in [-0.05, 0) is 37.0 Å². The number of nitrogens with zero attached hydrogens (tertiary/aromatic N) is 1. The van der Waals surface area contributed by atoms with Crippen molar-refractivity contribution >= 4 is 11.8 Å². The molecule has 0 unspecified atom stereocenters. The Morgan fingerprint density at radius 1 is 1.22 bits per heavy atom. The van der Waals surface area contributed by atoms with E-state index in [-0.39, 0.29) is 0 Å². The topological polar surface area (TPSA) is 3.24 Å². The highest BCUT2D eigenvalue weighted by atomic mass is 15.1. The smallest absolute Gasteiger partial charge is 0.0372 e. The van der Waals surface area contributed by atoms with Crippen LogP contribution in [0.3, 0.4) is 0 Å². The fourth-order valence-corrected chi connectivity index (χ4v) is 1.86. The molecule has 0 saturated carbocycles. The lowest BCUT2D eigenvalue weighted by Gasteiger charge is -2.27. The SMILES string of the molecule is C=Cc1ccc(C(C)C)cc1C(=C)N(C)C(C)C. The highest BCUT2D eigenvalue weighted by Crippen LogP contribution is 2.27. The van der Waals surface area contributed by atoms with Crippen molar-refractivity contribution in [2.24, 2.45) is 0 Å². The Morgan fingerprint density at radius 3 is 2.28 bits per heavy atom. The summed E-state index contributed by atoms with van der Waals surface area (Å²) in [5, 5.41) is 0. The summed E-state index contributed by atoms with van der Waals surface area (Å²) in [5.74, 6) is 0.528. The first-order valence-electron chi connectivity index (χ1n) is 6.57. The van der Waals surface area contributed by atoms with Crippen molar-refractivity contribution in [3.05, 3.63) is 48.0 Å². The monoisotopic (exact) mass is 243 g/mol. The van der Waals surface area contributed by atoms with Crippen LogP contribution < -0.4 is 0 Å². The van der Waals surface area contributed by atoms with Crippen molar-refractivity contribution < 1.29 is 0 Å². The second kappa shape index (κ2) is 5.90. The van der Waals surface area contributed by atoms with Gasteiger partial charge in [0.25, 0.3) is 0 Å². The molecule has 0 aliphatic rings. The van der Waals surface area contributed by atoms with Gasteiger partial charge in [0.05, 0.1) is 0 Å². The first-order chi connectivity index (χ1) is 8.38. The summed E-state index contributed by atoms with van der Waals surface area (Å²) in [6.45, 7) is 16.9. The molecule has 0 aliphatic carbocycles. The van der Waals surface area contributed by atoms with Crippen LogP contribution in [0.4, 0.5) is 0 Å². The molecule has 0 fully saturated rings. The minimum Gasteiger partial charge on any atom is -0.372 e. The minimum absolute atomic E-state index is 0.442. The van der Waals surface area contributed by atoms with Crippen LogP contribution in [-0.2, 0) is 0 Å². The van der Waals surface area contributed by atoms with Crippen molar-refractivity contribution in [3.8, 4) is 0 Å². The number of hydrogen-bond acceptors (Lipinski definition) is 1. The molecule has 1 heteroatoms. The fraction of sp³-hybridized carbons (Fsp3) is 0.412. The summed E-state index contributed by atoms with van der Waals surface area (Å²) < 4.78 is 0. The van der Waals surface area contributed by atoms with Gasteiger partial charge in [0.2, 0.25) is 0 Å². The van der Waals surface area contributed by atoms with E-state index in [4.69, 9.17) is 0 Å². The molecule has 0 radical (unpaired) electrons. The Balaban J connectivity index is 3.23. The van der Waals surface area contributed by atoms with E-state index in [1.165, 1.54) is 11.1 Å². The quantitative estimate of drug-likeness (QED) is 0.720. The predicted octanol–water partition coefficient (Wildman–Crippen LogP) is 4.76. The molecule has 1 nitrogen and oxygen atoms in total. The van der Waals surface area contributed by atoms with Crippen LogP contribution in [0, 0.1) is 0 Å². The summed E-state index contributed by atoms with van der Waals surface area (Å²) in [7, 11) is 2.09. The minimum atomic E-state index is 0.442. The third-order valence-electron chi connectivity index (χ3n) is 3.48. The average molecular weight is 243 g/mol. The van der Waals surface area contributed by atoms with Crippen molar-refractivity contribution in [3.63, 3.8) is 0 Å². The Morgan fingerprint density at radius 2 is 1.83 bits per heavy atom. The zero-order chi connectivity index (χ0) is 13.9. The lowest BCUT2D eigenvalue weighted by atomic mass is 9.95. The van der Waals surface area contributed by atoms with Gasteiger partial charge >= 0.3 is 0 Å². The zero-order valence-electron chi connectivity index (χ0n) is 12.3. The number of rotatable bonds is 5. The Kier molecular flexibility index (Phi) is 4.77. The molecule has 0 aromatic heterocycles. The Labute approximate surface area is 112 Å². The maximum atomic E-state index is 4.23. The molecule has 1 aromatic carbocycles. The van der Waals surface area contributed by atoms with Crippen LogP contribution in [0.25, 0.3) is 11.8 Å². The van der Waals surface area contributed by atoms with E-state index in [1.54, 1.807) is 0 Å². The fourth-order valence-electron chi connectivity index (χ4n) is 1.86. The third-order valence-corrected chi connectivity index (χ3v) is 3.48. The molecule has 0 aliphatic heterocycles. The molecule has 0 bridgehead atoms. The summed E-state index contributed by atoms with van der Waals surface area (Å²) >= 11 is 0. The highest BCUT2D eigenvalue weighted by Gasteiger charge is 2.12. The molecule has 0 N–H and O–H groups in total. The molecule has 98 valence electrons. The van der Waals surface area contributed by atoms with Crippen LogP contribution >= 0.6 is 0 Å². The summed E-state index contributed by atoms with van der Waals surface area (Å²) in [4.78, 5) is 2.20. The van der Waals surface area contributed by atoms with Crippen molar-refractivity contribution in [2.75, 3.05) is 7.05 Å². The average Bonchev–Trinajstić information content (AvgIpc) is 2.35. The summed E-state index contributed by atoms with van der Waals surface area (Å²) in [6.07, 6.45) is 1.90. The molecule has 0 spiro atoms. The Hall–Kier alpha value is -1.50. The van der Waals surface area contributed by atoms with Crippen LogP contribution in [0.1, 0.15) is 50.3 Å². The van der Waals surface area contributed by atoms with Crippen LogP contribution in [0.2, 0.25) is 0 Å². The molecule has 0 atom stereocenters. The molecule has 0 saturated heterocycles. The van der Waals surface area contributed by atoms with E-state index in [9.17, 15) is 0 Å². The molecule has 1 aromatic rings. The van der Waals surface area contributed by atoms with Crippen LogP contribution in [0.15, 0.2) is 31.4 Å². The van der Waals surface area contributed by atoms with Gasteiger partial charge in [-0.15, -0.1) is 0 Å². The maximum Gasteiger partial charge on any atom is 0.0372 e. The van der Waals surface area contributed by atoms with Gasteiger partial charge in [-0.1, -0.05) is 45.2 Å². The molecule has 0 heterocycles. The molecular formula is C17H25N. The largest absolute Gasteiger partial charge is 0.372 e. The summed E-state index contributed by atoms with van der Waals surface area (Å²) in [6, 6.07) is 6.99. The number of hydrogen-bond donors (Lipinski definition) is 0. The van der Waals surface area contributed by atoms with Gasteiger partial charge < -0.3 is 4.90 Å². The van der Waals surface area contributed by atoms with E-state index in [0.717, 1.165) is 11.3 Å². The Bertz CT molecular complexity index is 441. The predicted molar refractivity (Wildman–Crippen MR) is 82.6 cm³/mol. The second-order valence-corrected chi connectivity index (χ2v) is 5.36. The highest BCUT2D eigenvalue weighted by molar-refractivity contribution is 5.72. The first-order valence-corrected chi connectivity index (χ1v) is 6.57.